The van der Waals surface area contributed by atoms with Gasteiger partial charge in [0.1, 0.15) is 11.3 Å². The summed E-state index contributed by atoms with van der Waals surface area (Å²) in [5.74, 6) is 0. The van der Waals surface area contributed by atoms with Crippen molar-refractivity contribution in [3.8, 4) is 10.6 Å². The summed E-state index contributed by atoms with van der Waals surface area (Å²) >= 11 is 1.46. The van der Waals surface area contributed by atoms with E-state index < -0.39 is 0 Å². The molecule has 0 saturated carbocycles. The third kappa shape index (κ3) is 1.64. The van der Waals surface area contributed by atoms with E-state index in [9.17, 15) is 0 Å². The summed E-state index contributed by atoms with van der Waals surface area (Å²) in [5.41, 5.74) is 1.83. The lowest BCUT2D eigenvalue weighted by Crippen LogP contribution is -1.87. The largest absolute Gasteiger partial charge is 0.391 e. The number of rotatable bonds is 2. The van der Waals surface area contributed by atoms with E-state index in [-0.39, 0.29) is 6.61 Å². The molecule has 2 aromatic rings. The molecular weight excluding hydrogens is 198 g/mol. The van der Waals surface area contributed by atoms with E-state index in [2.05, 4.69) is 15.0 Å². The van der Waals surface area contributed by atoms with Gasteiger partial charge in [0.15, 0.2) is 0 Å². The highest BCUT2D eigenvalue weighted by atomic mass is 32.1. The Balaban J connectivity index is 2.44. The fourth-order valence-corrected chi connectivity index (χ4v) is 1.94. The first-order chi connectivity index (χ1) is 6.81. The van der Waals surface area contributed by atoms with Gasteiger partial charge in [-0.1, -0.05) is 0 Å². The smallest absolute Gasteiger partial charge is 0.127 e. The summed E-state index contributed by atoms with van der Waals surface area (Å²) in [6.07, 6.45) is 4.92. The number of aliphatic hydroxyl groups excluding tert-OH is 1. The topological polar surface area (TPSA) is 58.9 Å². The lowest BCUT2D eigenvalue weighted by Gasteiger charge is -1.97. The summed E-state index contributed by atoms with van der Waals surface area (Å²) < 4.78 is 0. The van der Waals surface area contributed by atoms with E-state index in [4.69, 9.17) is 5.11 Å². The first-order valence-electron chi connectivity index (χ1n) is 4.14. The van der Waals surface area contributed by atoms with Gasteiger partial charge >= 0.3 is 0 Å². The lowest BCUT2D eigenvalue weighted by molar-refractivity contribution is 0.285. The van der Waals surface area contributed by atoms with Crippen LogP contribution in [0, 0.1) is 6.92 Å². The van der Waals surface area contributed by atoms with Crippen molar-refractivity contribution < 1.29 is 5.11 Å². The maximum Gasteiger partial charge on any atom is 0.127 e. The Hall–Kier alpha value is -1.33. The zero-order chi connectivity index (χ0) is 9.97. The first-order valence-corrected chi connectivity index (χ1v) is 4.95. The zero-order valence-electron chi connectivity index (χ0n) is 7.64. The number of aromatic nitrogens is 3. The molecule has 0 aliphatic carbocycles. The number of aryl methyl sites for hydroxylation is 1. The van der Waals surface area contributed by atoms with Gasteiger partial charge in [-0.05, 0) is 6.92 Å². The lowest BCUT2D eigenvalue weighted by atomic mass is 10.2. The van der Waals surface area contributed by atoms with Crippen molar-refractivity contribution in [3.63, 3.8) is 0 Å². The number of hydrogen-bond acceptors (Lipinski definition) is 5. The number of hydrogen-bond donors (Lipinski definition) is 1. The van der Waals surface area contributed by atoms with Crippen LogP contribution in [0.4, 0.5) is 0 Å². The van der Waals surface area contributed by atoms with Crippen LogP contribution in [0.5, 0.6) is 0 Å². The van der Waals surface area contributed by atoms with E-state index >= 15 is 0 Å². The Bertz CT molecular complexity index is 441. The van der Waals surface area contributed by atoms with Crippen LogP contribution in [-0.4, -0.2) is 20.1 Å². The third-order valence-corrected chi connectivity index (χ3v) is 2.87. The molecular formula is C9H9N3OS. The van der Waals surface area contributed by atoms with Crippen molar-refractivity contribution in [2.45, 2.75) is 13.5 Å². The molecule has 72 valence electrons. The SMILES string of the molecule is Cc1ncncc1-c1ncc(CO)s1. The molecule has 5 heteroatoms. The molecule has 0 aliphatic rings. The van der Waals surface area contributed by atoms with E-state index in [0.717, 1.165) is 21.1 Å². The van der Waals surface area contributed by atoms with Crippen LogP contribution in [0.25, 0.3) is 10.6 Å². The van der Waals surface area contributed by atoms with Crippen LogP contribution in [0.1, 0.15) is 10.6 Å². The average molecular weight is 207 g/mol. The van der Waals surface area contributed by atoms with Gasteiger partial charge in [-0.25, -0.2) is 15.0 Å². The van der Waals surface area contributed by atoms with Gasteiger partial charge in [0.2, 0.25) is 0 Å². The van der Waals surface area contributed by atoms with Gasteiger partial charge in [-0.15, -0.1) is 11.3 Å². The number of thiazole rings is 1. The fraction of sp³-hybridized carbons (Fsp3) is 0.222. The van der Waals surface area contributed by atoms with Gasteiger partial charge in [0, 0.05) is 12.4 Å². The molecule has 14 heavy (non-hydrogen) atoms. The van der Waals surface area contributed by atoms with Gasteiger partial charge in [-0.2, -0.15) is 0 Å². The summed E-state index contributed by atoms with van der Waals surface area (Å²) in [5, 5.41) is 9.76. The van der Waals surface area contributed by atoms with Crippen LogP contribution in [0.15, 0.2) is 18.7 Å². The Morgan fingerprint density at radius 3 is 2.86 bits per heavy atom. The molecule has 0 spiro atoms. The molecule has 0 bridgehead atoms. The molecule has 2 heterocycles. The summed E-state index contributed by atoms with van der Waals surface area (Å²) in [6, 6.07) is 0. The molecule has 0 amide bonds. The van der Waals surface area contributed by atoms with Crippen molar-refractivity contribution in [1.82, 2.24) is 15.0 Å². The van der Waals surface area contributed by atoms with Gasteiger partial charge in [-0.3, -0.25) is 0 Å². The molecule has 0 atom stereocenters. The molecule has 4 nitrogen and oxygen atoms in total. The highest BCUT2D eigenvalue weighted by Gasteiger charge is 2.07. The third-order valence-electron chi connectivity index (χ3n) is 1.85. The summed E-state index contributed by atoms with van der Waals surface area (Å²) in [6.45, 7) is 1.95. The van der Waals surface area contributed by atoms with Crippen LogP contribution in [0.2, 0.25) is 0 Å². The summed E-state index contributed by atoms with van der Waals surface area (Å²) in [4.78, 5) is 13.1. The average Bonchev–Trinajstić information content (AvgIpc) is 2.67. The van der Waals surface area contributed by atoms with Crippen molar-refractivity contribution in [2.75, 3.05) is 0 Å². The van der Waals surface area contributed by atoms with Crippen LogP contribution < -0.4 is 0 Å². The summed E-state index contributed by atoms with van der Waals surface area (Å²) in [7, 11) is 0. The molecule has 0 aromatic carbocycles. The number of nitrogens with zero attached hydrogens (tertiary/aromatic N) is 3. The highest BCUT2D eigenvalue weighted by Crippen LogP contribution is 2.25. The van der Waals surface area contributed by atoms with Gasteiger partial charge < -0.3 is 5.11 Å². The normalized spacial score (nSPS) is 10.4. The Morgan fingerprint density at radius 2 is 2.21 bits per heavy atom. The number of aliphatic hydroxyl groups is 1. The molecule has 2 aromatic heterocycles. The predicted molar refractivity (Wildman–Crippen MR) is 53.8 cm³/mol. The van der Waals surface area contributed by atoms with E-state index in [0.29, 0.717) is 0 Å². The monoisotopic (exact) mass is 207 g/mol. The van der Waals surface area contributed by atoms with Crippen molar-refractivity contribution in [1.29, 1.82) is 0 Å². The molecule has 0 radical (unpaired) electrons. The second kappa shape index (κ2) is 3.81. The molecule has 0 aliphatic heterocycles. The molecule has 2 rings (SSSR count). The maximum atomic E-state index is 8.91. The molecule has 0 saturated heterocycles. The van der Waals surface area contributed by atoms with Crippen LogP contribution >= 0.6 is 11.3 Å². The highest BCUT2D eigenvalue weighted by molar-refractivity contribution is 7.15. The molecule has 0 fully saturated rings. The molecule has 1 N–H and O–H groups in total. The quantitative estimate of drug-likeness (QED) is 0.808. The Morgan fingerprint density at radius 1 is 1.36 bits per heavy atom. The zero-order valence-corrected chi connectivity index (χ0v) is 8.45. The first kappa shape index (κ1) is 9.23. The second-order valence-corrected chi connectivity index (χ2v) is 3.93. The second-order valence-electron chi connectivity index (χ2n) is 2.81. The predicted octanol–water partition coefficient (Wildman–Crippen LogP) is 1.40. The minimum absolute atomic E-state index is 0.0321. The van der Waals surface area contributed by atoms with E-state index in [1.54, 1.807) is 12.4 Å². The minimum Gasteiger partial charge on any atom is -0.391 e. The minimum atomic E-state index is 0.0321. The fourth-order valence-electron chi connectivity index (χ4n) is 1.11. The van der Waals surface area contributed by atoms with E-state index in [1.165, 1.54) is 17.7 Å². The standard InChI is InChI=1S/C9H9N3OS/c1-6-8(3-10-5-12-6)9-11-2-7(4-13)14-9/h2-3,5,13H,4H2,1H3. The Labute approximate surface area is 85.3 Å². The van der Waals surface area contributed by atoms with Crippen LogP contribution in [-0.2, 0) is 6.61 Å². The molecule has 0 unspecified atom stereocenters. The van der Waals surface area contributed by atoms with Crippen molar-refractivity contribution in [3.05, 3.63) is 29.3 Å². The maximum absolute atomic E-state index is 8.91. The van der Waals surface area contributed by atoms with Gasteiger partial charge in [0.05, 0.1) is 22.7 Å². The van der Waals surface area contributed by atoms with Crippen molar-refractivity contribution in [2.24, 2.45) is 0 Å². The van der Waals surface area contributed by atoms with E-state index in [1.807, 2.05) is 6.92 Å². The van der Waals surface area contributed by atoms with Crippen molar-refractivity contribution >= 4 is 11.3 Å². The Kier molecular flexibility index (Phi) is 2.51. The van der Waals surface area contributed by atoms with Gasteiger partial charge in [0.25, 0.3) is 0 Å². The van der Waals surface area contributed by atoms with Crippen LogP contribution in [0.3, 0.4) is 0 Å².